The standard InChI is InChI=1S/C17H22N4O2/c22-16(19-8-11-21-9-2-1-3-10-21)17(23)20-14-4-5-15-13(12-14)6-7-18-15/h4-7,12,18H,1-3,8-11H2,(H,19,22)(H,20,23). The first-order valence-electron chi connectivity index (χ1n) is 8.11. The van der Waals surface area contributed by atoms with Gasteiger partial charge in [0.2, 0.25) is 0 Å². The summed E-state index contributed by atoms with van der Waals surface area (Å²) in [7, 11) is 0. The van der Waals surface area contributed by atoms with Gasteiger partial charge in [0.15, 0.2) is 0 Å². The number of aromatic nitrogens is 1. The van der Waals surface area contributed by atoms with Gasteiger partial charge in [-0.05, 0) is 50.2 Å². The number of anilines is 1. The van der Waals surface area contributed by atoms with Gasteiger partial charge in [0.1, 0.15) is 0 Å². The fourth-order valence-corrected chi connectivity index (χ4v) is 2.91. The Balaban J connectivity index is 1.46. The monoisotopic (exact) mass is 314 g/mol. The summed E-state index contributed by atoms with van der Waals surface area (Å²) in [6.07, 6.45) is 5.56. The van der Waals surface area contributed by atoms with Gasteiger partial charge in [-0.1, -0.05) is 6.42 Å². The van der Waals surface area contributed by atoms with Crippen LogP contribution >= 0.6 is 0 Å². The summed E-state index contributed by atoms with van der Waals surface area (Å²) in [6.45, 7) is 3.47. The van der Waals surface area contributed by atoms with Crippen LogP contribution in [0, 0.1) is 0 Å². The largest absolute Gasteiger partial charge is 0.361 e. The number of hydrogen-bond donors (Lipinski definition) is 3. The van der Waals surface area contributed by atoms with Gasteiger partial charge in [0.05, 0.1) is 0 Å². The van der Waals surface area contributed by atoms with Crippen molar-refractivity contribution < 1.29 is 9.59 Å². The zero-order chi connectivity index (χ0) is 16.1. The van der Waals surface area contributed by atoms with E-state index >= 15 is 0 Å². The number of fused-ring (bicyclic) bond motifs is 1. The molecule has 0 aliphatic carbocycles. The second-order valence-electron chi connectivity index (χ2n) is 5.89. The number of hydrogen-bond acceptors (Lipinski definition) is 3. The number of benzene rings is 1. The topological polar surface area (TPSA) is 77.2 Å². The van der Waals surface area contributed by atoms with Gasteiger partial charge in [-0.3, -0.25) is 9.59 Å². The molecule has 23 heavy (non-hydrogen) atoms. The van der Waals surface area contributed by atoms with Crippen molar-refractivity contribution in [2.45, 2.75) is 19.3 Å². The van der Waals surface area contributed by atoms with E-state index in [1.54, 1.807) is 6.07 Å². The Labute approximate surface area is 135 Å². The van der Waals surface area contributed by atoms with E-state index in [9.17, 15) is 9.59 Å². The number of amides is 2. The number of likely N-dealkylation sites (tertiary alicyclic amines) is 1. The van der Waals surface area contributed by atoms with Gasteiger partial charge >= 0.3 is 11.8 Å². The second-order valence-corrected chi connectivity index (χ2v) is 5.89. The number of carbonyl (C=O) groups excluding carboxylic acids is 2. The Bertz CT molecular complexity index is 689. The zero-order valence-electron chi connectivity index (χ0n) is 13.1. The van der Waals surface area contributed by atoms with E-state index in [1.165, 1.54) is 19.3 Å². The number of carbonyl (C=O) groups is 2. The summed E-state index contributed by atoms with van der Waals surface area (Å²) in [5, 5.41) is 6.31. The average molecular weight is 314 g/mol. The third-order valence-corrected chi connectivity index (χ3v) is 4.18. The normalized spacial score (nSPS) is 15.5. The van der Waals surface area contributed by atoms with Gasteiger partial charge in [0, 0.05) is 35.9 Å². The molecular formula is C17H22N4O2. The maximum absolute atomic E-state index is 11.9. The number of nitrogens with one attached hydrogen (secondary N) is 3. The third-order valence-electron chi connectivity index (χ3n) is 4.18. The fourth-order valence-electron chi connectivity index (χ4n) is 2.91. The number of H-pyrrole nitrogens is 1. The third kappa shape index (κ3) is 4.10. The maximum atomic E-state index is 11.9. The van der Waals surface area contributed by atoms with Crippen molar-refractivity contribution in [3.8, 4) is 0 Å². The predicted octanol–water partition coefficient (Wildman–Crippen LogP) is 1.71. The predicted molar refractivity (Wildman–Crippen MR) is 90.2 cm³/mol. The number of aromatic amines is 1. The molecule has 2 amide bonds. The van der Waals surface area contributed by atoms with E-state index in [1.807, 2.05) is 24.4 Å². The molecule has 3 rings (SSSR count). The molecule has 1 fully saturated rings. The molecule has 2 aromatic rings. The minimum Gasteiger partial charge on any atom is -0.361 e. The van der Waals surface area contributed by atoms with Crippen LogP contribution in [0.2, 0.25) is 0 Å². The average Bonchev–Trinajstić information content (AvgIpc) is 3.03. The van der Waals surface area contributed by atoms with Crippen LogP contribution < -0.4 is 10.6 Å². The van der Waals surface area contributed by atoms with Gasteiger partial charge in [-0.25, -0.2) is 0 Å². The molecule has 1 aliphatic heterocycles. The van der Waals surface area contributed by atoms with Gasteiger partial charge in [0.25, 0.3) is 0 Å². The van der Waals surface area contributed by atoms with Crippen LogP contribution in [0.4, 0.5) is 5.69 Å². The Morgan fingerprint density at radius 3 is 2.74 bits per heavy atom. The van der Waals surface area contributed by atoms with Crippen LogP contribution in [0.5, 0.6) is 0 Å². The first-order valence-corrected chi connectivity index (χ1v) is 8.11. The molecule has 1 aromatic heterocycles. The van der Waals surface area contributed by atoms with Crippen molar-refractivity contribution >= 4 is 28.4 Å². The minimum absolute atomic E-state index is 0.503. The first kappa shape index (κ1) is 15.6. The Kier molecular flexibility index (Phi) is 4.92. The molecule has 6 heteroatoms. The highest BCUT2D eigenvalue weighted by Crippen LogP contribution is 2.17. The summed E-state index contributed by atoms with van der Waals surface area (Å²) in [6, 6.07) is 7.41. The summed E-state index contributed by atoms with van der Waals surface area (Å²) in [5.41, 5.74) is 1.61. The Morgan fingerprint density at radius 1 is 1.09 bits per heavy atom. The van der Waals surface area contributed by atoms with Crippen molar-refractivity contribution in [2.75, 3.05) is 31.5 Å². The Hall–Kier alpha value is -2.34. The van der Waals surface area contributed by atoms with Crippen LogP contribution in [0.1, 0.15) is 19.3 Å². The summed E-state index contributed by atoms with van der Waals surface area (Å²) >= 11 is 0. The number of rotatable bonds is 4. The molecule has 0 atom stereocenters. The fraction of sp³-hybridized carbons (Fsp3) is 0.412. The van der Waals surface area contributed by atoms with E-state index < -0.39 is 11.8 Å². The maximum Gasteiger partial charge on any atom is 0.313 e. The van der Waals surface area contributed by atoms with Crippen molar-refractivity contribution in [2.24, 2.45) is 0 Å². The lowest BCUT2D eigenvalue weighted by Gasteiger charge is -2.26. The van der Waals surface area contributed by atoms with Crippen LogP contribution in [0.25, 0.3) is 10.9 Å². The van der Waals surface area contributed by atoms with Crippen LogP contribution in [0.15, 0.2) is 30.5 Å². The lowest BCUT2D eigenvalue weighted by atomic mass is 10.1. The highest BCUT2D eigenvalue weighted by molar-refractivity contribution is 6.39. The molecule has 122 valence electrons. The van der Waals surface area contributed by atoms with E-state index in [2.05, 4.69) is 20.5 Å². The minimum atomic E-state index is -0.626. The summed E-state index contributed by atoms with van der Waals surface area (Å²) < 4.78 is 0. The van der Waals surface area contributed by atoms with Gasteiger partial charge in [-0.2, -0.15) is 0 Å². The van der Waals surface area contributed by atoms with Crippen LogP contribution in [0.3, 0.4) is 0 Å². The molecule has 0 bridgehead atoms. The SMILES string of the molecule is O=C(NCCN1CCCCC1)C(=O)Nc1ccc2[nH]ccc2c1. The molecule has 1 aliphatic rings. The molecule has 1 saturated heterocycles. The molecule has 3 N–H and O–H groups in total. The lowest BCUT2D eigenvalue weighted by Crippen LogP contribution is -2.41. The van der Waals surface area contributed by atoms with Crippen molar-refractivity contribution in [1.82, 2.24) is 15.2 Å². The lowest BCUT2D eigenvalue weighted by molar-refractivity contribution is -0.136. The van der Waals surface area contributed by atoms with Crippen LogP contribution in [-0.2, 0) is 9.59 Å². The van der Waals surface area contributed by atoms with Gasteiger partial charge < -0.3 is 20.5 Å². The number of nitrogens with zero attached hydrogens (tertiary/aromatic N) is 1. The van der Waals surface area contributed by atoms with Gasteiger partial charge in [-0.15, -0.1) is 0 Å². The summed E-state index contributed by atoms with van der Waals surface area (Å²) in [4.78, 5) is 29.2. The molecule has 0 spiro atoms. The highest BCUT2D eigenvalue weighted by Gasteiger charge is 2.15. The van der Waals surface area contributed by atoms with Crippen molar-refractivity contribution in [3.63, 3.8) is 0 Å². The summed E-state index contributed by atoms with van der Waals surface area (Å²) in [5.74, 6) is -1.21. The molecular weight excluding hydrogens is 292 g/mol. The zero-order valence-corrected chi connectivity index (χ0v) is 13.1. The quantitative estimate of drug-likeness (QED) is 0.752. The molecule has 0 unspecified atom stereocenters. The van der Waals surface area contributed by atoms with Crippen molar-refractivity contribution in [1.29, 1.82) is 0 Å². The molecule has 1 aromatic carbocycles. The van der Waals surface area contributed by atoms with E-state index in [4.69, 9.17) is 0 Å². The van der Waals surface area contributed by atoms with E-state index in [-0.39, 0.29) is 0 Å². The second kappa shape index (κ2) is 7.28. The Morgan fingerprint density at radius 2 is 1.91 bits per heavy atom. The van der Waals surface area contributed by atoms with Crippen molar-refractivity contribution in [3.05, 3.63) is 30.5 Å². The number of piperidine rings is 1. The molecule has 0 saturated carbocycles. The van der Waals surface area contributed by atoms with Crippen LogP contribution in [-0.4, -0.2) is 47.9 Å². The molecule has 0 radical (unpaired) electrons. The smallest absolute Gasteiger partial charge is 0.313 e. The first-order chi connectivity index (χ1) is 11.2. The molecule has 6 nitrogen and oxygen atoms in total. The molecule has 2 heterocycles. The van der Waals surface area contributed by atoms with E-state index in [0.29, 0.717) is 12.2 Å². The van der Waals surface area contributed by atoms with E-state index in [0.717, 1.165) is 30.5 Å². The highest BCUT2D eigenvalue weighted by atomic mass is 16.2.